The van der Waals surface area contributed by atoms with E-state index < -0.39 is 12.7 Å². The number of ether oxygens (including phenoxy) is 1. The number of methoxy groups -OCH3 is 1. The normalized spacial score (nSPS) is 18.3. The van der Waals surface area contributed by atoms with E-state index in [-0.39, 0.29) is 12.1 Å². The van der Waals surface area contributed by atoms with E-state index in [1.807, 2.05) is 6.92 Å². The predicted molar refractivity (Wildman–Crippen MR) is 64.6 cm³/mol. The van der Waals surface area contributed by atoms with Crippen molar-refractivity contribution in [1.82, 2.24) is 10.2 Å². The van der Waals surface area contributed by atoms with Crippen LogP contribution in [0.3, 0.4) is 0 Å². The van der Waals surface area contributed by atoms with Crippen LogP contribution in [0, 0.1) is 0 Å². The number of alkyl halides is 3. The fourth-order valence-electron chi connectivity index (χ4n) is 2.03. The second-order valence-electron chi connectivity index (χ2n) is 4.92. The second kappa shape index (κ2) is 7.31. The molecule has 1 fully saturated rings. The van der Waals surface area contributed by atoms with E-state index in [9.17, 15) is 13.2 Å². The standard InChI is InChI=1S/C12H23F3N2O/c1-10(8-16-6-3-7-18-2)17(11-4-5-11)9-12(13,14)15/h10-11,16H,3-9H2,1-2H3. The van der Waals surface area contributed by atoms with Gasteiger partial charge in [0.1, 0.15) is 0 Å². The van der Waals surface area contributed by atoms with Crippen LogP contribution in [0.25, 0.3) is 0 Å². The van der Waals surface area contributed by atoms with Crippen LogP contribution in [0.4, 0.5) is 13.2 Å². The molecular weight excluding hydrogens is 245 g/mol. The van der Waals surface area contributed by atoms with Crippen molar-refractivity contribution < 1.29 is 17.9 Å². The molecule has 3 nitrogen and oxygen atoms in total. The van der Waals surface area contributed by atoms with Gasteiger partial charge in [-0.25, -0.2) is 0 Å². The lowest BCUT2D eigenvalue weighted by molar-refractivity contribution is -0.151. The number of hydrogen-bond acceptors (Lipinski definition) is 3. The molecule has 1 unspecified atom stereocenters. The Morgan fingerprint density at radius 2 is 2.06 bits per heavy atom. The Balaban J connectivity index is 2.25. The highest BCUT2D eigenvalue weighted by Gasteiger charge is 2.39. The quantitative estimate of drug-likeness (QED) is 0.648. The molecule has 1 atom stereocenters. The molecule has 18 heavy (non-hydrogen) atoms. The summed E-state index contributed by atoms with van der Waals surface area (Å²) in [5.74, 6) is 0. The molecule has 0 spiro atoms. The molecule has 108 valence electrons. The Morgan fingerprint density at radius 1 is 1.39 bits per heavy atom. The van der Waals surface area contributed by atoms with E-state index in [1.54, 1.807) is 12.0 Å². The average molecular weight is 268 g/mol. The number of rotatable bonds is 9. The molecule has 1 aliphatic rings. The van der Waals surface area contributed by atoms with E-state index in [2.05, 4.69) is 5.32 Å². The Morgan fingerprint density at radius 3 is 2.56 bits per heavy atom. The zero-order chi connectivity index (χ0) is 13.6. The summed E-state index contributed by atoms with van der Waals surface area (Å²) in [5.41, 5.74) is 0. The summed E-state index contributed by atoms with van der Waals surface area (Å²) < 4.78 is 42.3. The van der Waals surface area contributed by atoms with E-state index in [0.717, 1.165) is 25.8 Å². The SMILES string of the molecule is COCCCNCC(C)N(CC(F)(F)F)C1CC1. The molecule has 0 aromatic heterocycles. The first-order valence-electron chi connectivity index (χ1n) is 6.46. The number of halogens is 3. The topological polar surface area (TPSA) is 24.5 Å². The van der Waals surface area contributed by atoms with Crippen molar-refractivity contribution in [1.29, 1.82) is 0 Å². The summed E-state index contributed by atoms with van der Waals surface area (Å²) in [5, 5.41) is 3.18. The van der Waals surface area contributed by atoms with Crippen molar-refractivity contribution in [2.45, 2.75) is 44.4 Å². The fourth-order valence-corrected chi connectivity index (χ4v) is 2.03. The highest BCUT2D eigenvalue weighted by molar-refractivity contribution is 4.89. The van der Waals surface area contributed by atoms with Gasteiger partial charge < -0.3 is 10.1 Å². The third-order valence-electron chi connectivity index (χ3n) is 3.09. The summed E-state index contributed by atoms with van der Waals surface area (Å²) in [6.45, 7) is 3.11. The van der Waals surface area contributed by atoms with Crippen LogP contribution in [0.5, 0.6) is 0 Å². The monoisotopic (exact) mass is 268 g/mol. The van der Waals surface area contributed by atoms with E-state index in [4.69, 9.17) is 4.74 Å². The lowest BCUT2D eigenvalue weighted by Gasteiger charge is -2.30. The highest BCUT2D eigenvalue weighted by atomic mass is 19.4. The van der Waals surface area contributed by atoms with Crippen LogP contribution in [-0.2, 0) is 4.74 Å². The molecule has 0 amide bonds. The van der Waals surface area contributed by atoms with Crippen LogP contribution in [0.15, 0.2) is 0 Å². The van der Waals surface area contributed by atoms with Gasteiger partial charge in [0.05, 0.1) is 6.54 Å². The molecular formula is C12H23F3N2O. The maximum atomic E-state index is 12.5. The maximum absolute atomic E-state index is 12.5. The van der Waals surface area contributed by atoms with Gasteiger partial charge in [-0.15, -0.1) is 0 Å². The summed E-state index contributed by atoms with van der Waals surface area (Å²) in [4.78, 5) is 1.57. The molecule has 6 heteroatoms. The lowest BCUT2D eigenvalue weighted by atomic mass is 10.2. The minimum atomic E-state index is -4.10. The Labute approximate surface area is 107 Å². The Kier molecular flexibility index (Phi) is 6.38. The van der Waals surface area contributed by atoms with Gasteiger partial charge in [-0.1, -0.05) is 0 Å². The van der Waals surface area contributed by atoms with Gasteiger partial charge in [-0.05, 0) is 32.7 Å². The summed E-state index contributed by atoms with van der Waals surface area (Å²) in [6.07, 6.45) is -1.44. The van der Waals surface area contributed by atoms with Crippen LogP contribution in [0.2, 0.25) is 0 Å². The first kappa shape index (κ1) is 15.7. The van der Waals surface area contributed by atoms with E-state index >= 15 is 0 Å². The molecule has 0 aliphatic heterocycles. The number of nitrogens with zero attached hydrogens (tertiary/aromatic N) is 1. The summed E-state index contributed by atoms with van der Waals surface area (Å²) in [7, 11) is 1.64. The van der Waals surface area contributed by atoms with Crippen LogP contribution >= 0.6 is 0 Å². The lowest BCUT2D eigenvalue weighted by Crippen LogP contribution is -2.46. The van der Waals surface area contributed by atoms with Gasteiger partial charge in [0.2, 0.25) is 0 Å². The van der Waals surface area contributed by atoms with Crippen molar-refractivity contribution >= 4 is 0 Å². The smallest absolute Gasteiger partial charge is 0.385 e. The molecule has 0 heterocycles. The largest absolute Gasteiger partial charge is 0.401 e. The van der Waals surface area contributed by atoms with Crippen LogP contribution in [0.1, 0.15) is 26.2 Å². The molecule has 1 N–H and O–H groups in total. The van der Waals surface area contributed by atoms with E-state index in [0.29, 0.717) is 13.2 Å². The van der Waals surface area contributed by atoms with Crippen molar-refractivity contribution in [3.63, 3.8) is 0 Å². The van der Waals surface area contributed by atoms with Crippen LogP contribution in [-0.4, -0.2) is 56.5 Å². The number of nitrogens with one attached hydrogen (secondary N) is 1. The van der Waals surface area contributed by atoms with Gasteiger partial charge in [-0.3, -0.25) is 4.90 Å². The summed E-state index contributed by atoms with van der Waals surface area (Å²) in [6, 6.07) is 0.0454. The fraction of sp³-hybridized carbons (Fsp3) is 1.00. The minimum Gasteiger partial charge on any atom is -0.385 e. The van der Waals surface area contributed by atoms with Crippen LogP contribution < -0.4 is 5.32 Å². The highest BCUT2D eigenvalue weighted by Crippen LogP contribution is 2.31. The van der Waals surface area contributed by atoms with Gasteiger partial charge in [0.15, 0.2) is 0 Å². The second-order valence-corrected chi connectivity index (χ2v) is 4.92. The molecule has 1 saturated carbocycles. The van der Waals surface area contributed by atoms with Crippen molar-refractivity contribution in [3.05, 3.63) is 0 Å². The van der Waals surface area contributed by atoms with Gasteiger partial charge in [0.25, 0.3) is 0 Å². The molecule has 0 aromatic carbocycles. The third kappa shape index (κ3) is 6.56. The first-order valence-corrected chi connectivity index (χ1v) is 6.46. The maximum Gasteiger partial charge on any atom is 0.401 e. The van der Waals surface area contributed by atoms with Gasteiger partial charge in [-0.2, -0.15) is 13.2 Å². The van der Waals surface area contributed by atoms with Gasteiger partial charge >= 0.3 is 6.18 Å². The Hall–Kier alpha value is -0.330. The molecule has 1 aliphatic carbocycles. The molecule has 0 radical (unpaired) electrons. The predicted octanol–water partition coefficient (Wildman–Crippen LogP) is 2.03. The van der Waals surface area contributed by atoms with Gasteiger partial charge in [0, 0.05) is 32.3 Å². The average Bonchev–Trinajstić information content (AvgIpc) is 3.08. The van der Waals surface area contributed by atoms with Crippen molar-refractivity contribution in [3.8, 4) is 0 Å². The van der Waals surface area contributed by atoms with Crippen molar-refractivity contribution in [2.24, 2.45) is 0 Å². The molecule has 0 saturated heterocycles. The zero-order valence-corrected chi connectivity index (χ0v) is 11.1. The third-order valence-corrected chi connectivity index (χ3v) is 3.09. The minimum absolute atomic E-state index is 0.0818. The first-order chi connectivity index (χ1) is 8.44. The molecule has 0 aromatic rings. The molecule has 1 rings (SSSR count). The zero-order valence-electron chi connectivity index (χ0n) is 11.1. The number of hydrogen-bond donors (Lipinski definition) is 1. The van der Waals surface area contributed by atoms with E-state index in [1.165, 1.54) is 0 Å². The van der Waals surface area contributed by atoms with Crippen molar-refractivity contribution in [2.75, 3.05) is 33.4 Å². The molecule has 0 bridgehead atoms. The summed E-state index contributed by atoms with van der Waals surface area (Å²) >= 11 is 0. The Bertz CT molecular complexity index is 232.